The van der Waals surface area contributed by atoms with Crippen LogP contribution in [0.4, 0.5) is 0 Å². The highest BCUT2D eigenvalue weighted by molar-refractivity contribution is 6.31. The number of aryl methyl sites for hydroxylation is 1. The van der Waals surface area contributed by atoms with Crippen LogP contribution in [-0.2, 0) is 13.2 Å². The fraction of sp³-hybridized carbons (Fsp3) is 0.308. The van der Waals surface area contributed by atoms with Gasteiger partial charge in [-0.1, -0.05) is 24.6 Å². The van der Waals surface area contributed by atoms with Crippen molar-refractivity contribution in [2.24, 2.45) is 0 Å². The highest BCUT2D eigenvalue weighted by atomic mass is 35.5. The smallest absolute Gasteiger partial charge is 0.165 e. The molecule has 4 nitrogen and oxygen atoms in total. The van der Waals surface area contributed by atoms with Crippen LogP contribution >= 0.6 is 11.6 Å². The molecule has 18 heavy (non-hydrogen) atoms. The summed E-state index contributed by atoms with van der Waals surface area (Å²) in [4.78, 5) is 0. The molecule has 1 aromatic heterocycles. The molecule has 0 atom stereocenters. The zero-order valence-electron chi connectivity index (χ0n) is 10.1. The van der Waals surface area contributed by atoms with E-state index >= 15 is 0 Å². The van der Waals surface area contributed by atoms with Gasteiger partial charge in [0, 0.05) is 11.6 Å². The zero-order valence-corrected chi connectivity index (χ0v) is 10.9. The van der Waals surface area contributed by atoms with E-state index in [0.717, 1.165) is 13.0 Å². The van der Waals surface area contributed by atoms with Crippen LogP contribution < -0.4 is 4.74 Å². The average Bonchev–Trinajstić information content (AvgIpc) is 2.77. The molecular formula is C13H15ClN2O2. The molecule has 0 amide bonds. The lowest BCUT2D eigenvalue weighted by molar-refractivity contribution is 0.282. The third kappa shape index (κ3) is 3.03. The van der Waals surface area contributed by atoms with Crippen LogP contribution in [0.2, 0.25) is 5.02 Å². The Hall–Kier alpha value is -1.52. The first-order valence-electron chi connectivity index (χ1n) is 5.82. The molecular weight excluding hydrogens is 252 g/mol. The quantitative estimate of drug-likeness (QED) is 0.904. The molecule has 1 heterocycles. The summed E-state index contributed by atoms with van der Waals surface area (Å²) >= 11 is 5.99. The van der Waals surface area contributed by atoms with Crippen molar-refractivity contribution in [3.8, 4) is 11.5 Å². The van der Waals surface area contributed by atoms with Gasteiger partial charge >= 0.3 is 0 Å². The van der Waals surface area contributed by atoms with Crippen molar-refractivity contribution in [2.75, 3.05) is 0 Å². The Labute approximate surface area is 111 Å². The van der Waals surface area contributed by atoms with E-state index in [2.05, 4.69) is 12.0 Å². The van der Waals surface area contributed by atoms with Gasteiger partial charge in [0.15, 0.2) is 5.75 Å². The Bertz CT molecular complexity index is 525. The molecule has 5 heteroatoms. The van der Waals surface area contributed by atoms with Gasteiger partial charge in [0.25, 0.3) is 0 Å². The Balaban J connectivity index is 2.10. The van der Waals surface area contributed by atoms with Crippen LogP contribution in [0.1, 0.15) is 18.9 Å². The van der Waals surface area contributed by atoms with Crippen LogP contribution in [0.3, 0.4) is 0 Å². The number of aliphatic hydroxyl groups is 1. The van der Waals surface area contributed by atoms with Crippen molar-refractivity contribution in [3.05, 3.63) is 41.2 Å². The third-order valence-corrected chi connectivity index (χ3v) is 2.84. The predicted octanol–water partition coefficient (Wildman–Crippen LogP) is 3.23. The Morgan fingerprint density at radius 2 is 2.22 bits per heavy atom. The molecule has 0 unspecified atom stereocenters. The molecule has 0 aliphatic rings. The number of hydrogen-bond donors (Lipinski definition) is 1. The average molecular weight is 267 g/mol. The molecule has 2 rings (SSSR count). The highest BCUT2D eigenvalue weighted by Gasteiger charge is 2.04. The minimum absolute atomic E-state index is 0.0758. The fourth-order valence-corrected chi connectivity index (χ4v) is 1.83. The molecule has 1 N–H and O–H groups in total. The summed E-state index contributed by atoms with van der Waals surface area (Å²) in [6.45, 7) is 2.89. The maximum absolute atomic E-state index is 9.02. The minimum atomic E-state index is -0.0758. The van der Waals surface area contributed by atoms with Gasteiger partial charge in [0.05, 0.1) is 19.0 Å². The van der Waals surface area contributed by atoms with Crippen molar-refractivity contribution in [3.63, 3.8) is 0 Å². The van der Waals surface area contributed by atoms with Gasteiger partial charge in [-0.25, -0.2) is 0 Å². The minimum Gasteiger partial charge on any atom is -0.454 e. The maximum atomic E-state index is 9.02. The van der Waals surface area contributed by atoms with E-state index in [9.17, 15) is 0 Å². The topological polar surface area (TPSA) is 47.3 Å². The molecule has 0 saturated carbocycles. The molecule has 0 radical (unpaired) electrons. The summed E-state index contributed by atoms with van der Waals surface area (Å²) in [6, 6.07) is 5.20. The van der Waals surface area contributed by atoms with Crippen LogP contribution in [0.15, 0.2) is 30.6 Å². The number of aliphatic hydroxyl groups excluding tert-OH is 1. The number of nitrogens with zero attached hydrogens (tertiary/aromatic N) is 2. The maximum Gasteiger partial charge on any atom is 0.165 e. The summed E-state index contributed by atoms with van der Waals surface area (Å²) in [6.07, 6.45) is 4.54. The lowest BCUT2D eigenvalue weighted by atomic mass is 10.2. The van der Waals surface area contributed by atoms with Gasteiger partial charge in [-0.15, -0.1) is 0 Å². The number of aromatic nitrogens is 2. The summed E-state index contributed by atoms with van der Waals surface area (Å²) < 4.78 is 7.47. The van der Waals surface area contributed by atoms with Gasteiger partial charge < -0.3 is 9.84 Å². The second-order valence-corrected chi connectivity index (χ2v) is 4.36. The monoisotopic (exact) mass is 266 g/mol. The fourth-order valence-electron chi connectivity index (χ4n) is 1.60. The van der Waals surface area contributed by atoms with Gasteiger partial charge in [0.1, 0.15) is 5.75 Å². The van der Waals surface area contributed by atoms with Crippen molar-refractivity contribution in [2.45, 2.75) is 26.5 Å². The first-order chi connectivity index (χ1) is 8.72. The zero-order chi connectivity index (χ0) is 13.0. The van der Waals surface area contributed by atoms with Crippen LogP contribution in [0.25, 0.3) is 0 Å². The first-order valence-corrected chi connectivity index (χ1v) is 6.20. The highest BCUT2D eigenvalue weighted by Crippen LogP contribution is 2.26. The Morgan fingerprint density at radius 3 is 2.89 bits per heavy atom. The molecule has 0 aliphatic carbocycles. The second-order valence-electron chi connectivity index (χ2n) is 3.95. The van der Waals surface area contributed by atoms with E-state index in [1.807, 2.05) is 10.9 Å². The van der Waals surface area contributed by atoms with E-state index < -0.39 is 0 Å². The Morgan fingerprint density at radius 1 is 1.39 bits per heavy atom. The molecule has 0 fully saturated rings. The van der Waals surface area contributed by atoms with E-state index in [1.165, 1.54) is 0 Å². The number of hydrogen-bond acceptors (Lipinski definition) is 3. The molecule has 0 spiro atoms. The number of ether oxygens (including phenoxy) is 1. The van der Waals surface area contributed by atoms with E-state index in [-0.39, 0.29) is 6.61 Å². The second kappa shape index (κ2) is 5.89. The molecule has 96 valence electrons. The molecule has 2 aromatic rings. The molecule has 1 aromatic carbocycles. The van der Waals surface area contributed by atoms with E-state index in [0.29, 0.717) is 22.1 Å². The van der Waals surface area contributed by atoms with Crippen molar-refractivity contribution < 1.29 is 9.84 Å². The van der Waals surface area contributed by atoms with Gasteiger partial charge in [-0.3, -0.25) is 4.68 Å². The number of halogens is 1. The first kappa shape index (κ1) is 12.9. The van der Waals surface area contributed by atoms with Crippen molar-refractivity contribution in [1.29, 1.82) is 0 Å². The van der Waals surface area contributed by atoms with Crippen LogP contribution in [0, 0.1) is 0 Å². The lowest BCUT2D eigenvalue weighted by Crippen LogP contribution is -1.95. The largest absolute Gasteiger partial charge is 0.454 e. The van der Waals surface area contributed by atoms with Crippen LogP contribution in [-0.4, -0.2) is 14.9 Å². The van der Waals surface area contributed by atoms with Crippen LogP contribution in [0.5, 0.6) is 11.5 Å². The SMILES string of the molecule is CCCn1cc(Oc2ccc(CO)c(Cl)c2)cn1. The summed E-state index contributed by atoms with van der Waals surface area (Å²) in [5.41, 5.74) is 0.686. The standard InChI is InChI=1S/C13H15ClN2O2/c1-2-5-16-8-12(7-15-16)18-11-4-3-10(9-17)13(14)6-11/h3-4,6-8,17H,2,5,9H2,1H3. The summed E-state index contributed by atoms with van der Waals surface area (Å²) in [7, 11) is 0. The van der Waals surface area contributed by atoms with E-state index in [1.54, 1.807) is 24.4 Å². The third-order valence-electron chi connectivity index (χ3n) is 2.49. The normalized spacial score (nSPS) is 10.6. The summed E-state index contributed by atoms with van der Waals surface area (Å²) in [5.74, 6) is 1.31. The predicted molar refractivity (Wildman–Crippen MR) is 70.0 cm³/mol. The van der Waals surface area contributed by atoms with Gasteiger partial charge in [-0.05, 0) is 24.1 Å². The van der Waals surface area contributed by atoms with Gasteiger partial charge in [-0.2, -0.15) is 5.10 Å². The van der Waals surface area contributed by atoms with Crippen molar-refractivity contribution >= 4 is 11.6 Å². The van der Waals surface area contributed by atoms with Gasteiger partial charge in [0.2, 0.25) is 0 Å². The molecule has 0 saturated heterocycles. The van der Waals surface area contributed by atoms with Crippen molar-refractivity contribution in [1.82, 2.24) is 9.78 Å². The molecule has 0 aliphatic heterocycles. The summed E-state index contributed by atoms with van der Waals surface area (Å²) in [5, 5.41) is 13.7. The molecule has 0 bridgehead atoms. The number of rotatable bonds is 5. The lowest BCUT2D eigenvalue weighted by Gasteiger charge is -2.05. The number of benzene rings is 1. The van der Waals surface area contributed by atoms with E-state index in [4.69, 9.17) is 21.4 Å². The Kier molecular flexibility index (Phi) is 4.23.